The molecule has 2 aromatic carbocycles. The van der Waals surface area contributed by atoms with Crippen molar-refractivity contribution in [2.75, 3.05) is 5.32 Å². The number of hydrogen-bond donors (Lipinski definition) is 1. The van der Waals surface area contributed by atoms with Gasteiger partial charge in [0.2, 0.25) is 5.91 Å². The van der Waals surface area contributed by atoms with Crippen LogP contribution in [0.1, 0.15) is 11.7 Å². The van der Waals surface area contributed by atoms with E-state index in [1.54, 1.807) is 23.7 Å². The Labute approximate surface area is 139 Å². The number of nitrogens with one attached hydrogen (secondary N) is 1. The third-order valence-corrected chi connectivity index (χ3v) is 3.63. The summed E-state index contributed by atoms with van der Waals surface area (Å²) >= 11 is 0. The molecule has 0 aliphatic rings. The fraction of sp³-hybridized carbons (Fsp3) is 0.111. The van der Waals surface area contributed by atoms with Gasteiger partial charge >= 0.3 is 0 Å². The summed E-state index contributed by atoms with van der Waals surface area (Å²) in [5, 5.41) is 20.3. The maximum Gasteiger partial charge on any atom is 0.249 e. The predicted octanol–water partition coefficient (Wildman–Crippen LogP) is 2.73. The molecule has 1 atom stereocenters. The zero-order chi connectivity index (χ0) is 16.9. The number of amides is 1. The molecule has 0 aliphatic carbocycles. The van der Waals surface area contributed by atoms with Crippen LogP contribution >= 0.6 is 0 Å². The molecular formula is C18H15N5O. The number of para-hydroxylation sites is 1. The summed E-state index contributed by atoms with van der Waals surface area (Å²) in [6.45, 7) is 0. The molecule has 0 radical (unpaired) electrons. The Kier molecular flexibility index (Phi) is 4.34. The first-order chi connectivity index (χ1) is 11.7. The van der Waals surface area contributed by atoms with E-state index in [9.17, 15) is 10.1 Å². The van der Waals surface area contributed by atoms with Crippen LogP contribution in [0, 0.1) is 11.3 Å². The van der Waals surface area contributed by atoms with Gasteiger partial charge < -0.3 is 9.88 Å². The van der Waals surface area contributed by atoms with Crippen LogP contribution in [-0.4, -0.2) is 20.7 Å². The average molecular weight is 317 g/mol. The minimum absolute atomic E-state index is 0.310. The summed E-state index contributed by atoms with van der Waals surface area (Å²) in [5.41, 5.74) is 1.51. The number of benzene rings is 2. The molecular weight excluding hydrogens is 302 g/mol. The standard InChI is InChI=1S/C18H15N5O/c1-23-16(13-8-4-2-5-9-13)21-22-17(23)15(12-19)18(24)20-14-10-6-3-7-11-14/h2-11,15H,1H3,(H,20,24). The summed E-state index contributed by atoms with van der Waals surface area (Å²) in [7, 11) is 1.75. The van der Waals surface area contributed by atoms with Gasteiger partial charge in [0.05, 0.1) is 6.07 Å². The van der Waals surface area contributed by atoms with Crippen LogP contribution in [-0.2, 0) is 11.8 Å². The van der Waals surface area contributed by atoms with Crippen molar-refractivity contribution < 1.29 is 4.79 Å². The van der Waals surface area contributed by atoms with Crippen LogP contribution in [0.3, 0.4) is 0 Å². The summed E-state index contributed by atoms with van der Waals surface area (Å²) in [6.07, 6.45) is 0. The van der Waals surface area contributed by atoms with Crippen molar-refractivity contribution in [3.63, 3.8) is 0 Å². The lowest BCUT2D eigenvalue weighted by molar-refractivity contribution is -0.116. The number of carbonyl (C=O) groups excluding carboxylic acids is 1. The molecule has 3 aromatic rings. The molecule has 0 saturated heterocycles. The first kappa shape index (κ1) is 15.4. The Bertz CT molecular complexity index is 881. The lowest BCUT2D eigenvalue weighted by atomic mass is 10.1. The van der Waals surface area contributed by atoms with Gasteiger partial charge in [-0.3, -0.25) is 4.79 Å². The first-order valence-electron chi connectivity index (χ1n) is 7.41. The molecule has 24 heavy (non-hydrogen) atoms. The molecule has 1 aromatic heterocycles. The summed E-state index contributed by atoms with van der Waals surface area (Å²) in [4.78, 5) is 12.4. The maximum atomic E-state index is 12.4. The first-order valence-corrected chi connectivity index (χ1v) is 7.41. The number of hydrogen-bond acceptors (Lipinski definition) is 4. The van der Waals surface area contributed by atoms with E-state index in [1.807, 2.05) is 54.6 Å². The van der Waals surface area contributed by atoms with Gasteiger partial charge in [-0.15, -0.1) is 10.2 Å². The Morgan fingerprint density at radius 1 is 1.08 bits per heavy atom. The van der Waals surface area contributed by atoms with Crippen molar-refractivity contribution in [2.24, 2.45) is 7.05 Å². The van der Waals surface area contributed by atoms with Gasteiger partial charge in [0.15, 0.2) is 17.6 Å². The second-order valence-corrected chi connectivity index (χ2v) is 5.22. The zero-order valence-corrected chi connectivity index (χ0v) is 13.0. The topological polar surface area (TPSA) is 83.6 Å². The van der Waals surface area contributed by atoms with Crippen molar-refractivity contribution in [1.29, 1.82) is 5.26 Å². The highest BCUT2D eigenvalue weighted by molar-refractivity contribution is 5.97. The van der Waals surface area contributed by atoms with Crippen LogP contribution in [0.4, 0.5) is 5.69 Å². The van der Waals surface area contributed by atoms with Crippen LogP contribution < -0.4 is 5.32 Å². The van der Waals surface area contributed by atoms with Gasteiger partial charge in [-0.05, 0) is 12.1 Å². The van der Waals surface area contributed by atoms with E-state index in [0.29, 0.717) is 17.3 Å². The zero-order valence-electron chi connectivity index (χ0n) is 13.0. The quantitative estimate of drug-likeness (QED) is 0.802. The Balaban J connectivity index is 1.88. The molecule has 0 fully saturated rings. The third kappa shape index (κ3) is 3.01. The van der Waals surface area contributed by atoms with Crippen LogP contribution in [0.2, 0.25) is 0 Å². The van der Waals surface area contributed by atoms with E-state index in [1.165, 1.54) is 0 Å². The SMILES string of the molecule is Cn1c(-c2ccccc2)nnc1C(C#N)C(=O)Nc1ccccc1. The third-order valence-electron chi connectivity index (χ3n) is 3.63. The number of nitriles is 1. The molecule has 1 amide bonds. The molecule has 6 heteroatoms. The second-order valence-electron chi connectivity index (χ2n) is 5.22. The predicted molar refractivity (Wildman–Crippen MR) is 89.9 cm³/mol. The van der Waals surface area contributed by atoms with Crippen molar-refractivity contribution in [3.05, 3.63) is 66.5 Å². The van der Waals surface area contributed by atoms with Gasteiger partial charge in [-0.1, -0.05) is 48.5 Å². The highest BCUT2D eigenvalue weighted by atomic mass is 16.1. The van der Waals surface area contributed by atoms with Gasteiger partial charge in [-0.2, -0.15) is 5.26 Å². The second kappa shape index (κ2) is 6.75. The molecule has 1 unspecified atom stereocenters. The molecule has 6 nitrogen and oxygen atoms in total. The maximum absolute atomic E-state index is 12.4. The molecule has 1 heterocycles. The molecule has 0 bridgehead atoms. The Morgan fingerprint density at radius 2 is 1.71 bits per heavy atom. The summed E-state index contributed by atoms with van der Waals surface area (Å²) in [5.74, 6) is -0.554. The Morgan fingerprint density at radius 3 is 2.33 bits per heavy atom. The van der Waals surface area contributed by atoms with Crippen molar-refractivity contribution in [2.45, 2.75) is 5.92 Å². The lowest BCUT2D eigenvalue weighted by Gasteiger charge is -2.10. The highest BCUT2D eigenvalue weighted by Crippen LogP contribution is 2.22. The van der Waals surface area contributed by atoms with Gasteiger partial charge in [0.1, 0.15) is 0 Å². The number of anilines is 1. The van der Waals surface area contributed by atoms with Crippen molar-refractivity contribution in [3.8, 4) is 17.5 Å². The fourth-order valence-electron chi connectivity index (χ4n) is 2.40. The van der Waals surface area contributed by atoms with Crippen LogP contribution in [0.25, 0.3) is 11.4 Å². The van der Waals surface area contributed by atoms with E-state index < -0.39 is 11.8 Å². The number of carbonyl (C=O) groups is 1. The summed E-state index contributed by atoms with van der Waals surface area (Å²) in [6, 6.07) is 20.5. The van der Waals surface area contributed by atoms with E-state index in [4.69, 9.17) is 0 Å². The molecule has 1 N–H and O–H groups in total. The fourth-order valence-corrected chi connectivity index (χ4v) is 2.40. The number of nitrogens with zero attached hydrogens (tertiary/aromatic N) is 4. The minimum Gasteiger partial charge on any atom is -0.325 e. The molecule has 3 rings (SSSR count). The molecule has 0 aliphatic heterocycles. The summed E-state index contributed by atoms with van der Waals surface area (Å²) < 4.78 is 1.67. The van der Waals surface area contributed by atoms with E-state index >= 15 is 0 Å². The number of rotatable bonds is 4. The minimum atomic E-state index is -1.04. The van der Waals surface area contributed by atoms with Crippen molar-refractivity contribution in [1.82, 2.24) is 14.8 Å². The number of aromatic nitrogens is 3. The van der Waals surface area contributed by atoms with Crippen molar-refractivity contribution >= 4 is 11.6 Å². The highest BCUT2D eigenvalue weighted by Gasteiger charge is 2.27. The van der Waals surface area contributed by atoms with Crippen LogP contribution in [0.5, 0.6) is 0 Å². The molecule has 118 valence electrons. The normalized spacial score (nSPS) is 11.5. The average Bonchev–Trinajstić information content (AvgIpc) is 2.99. The Hall–Kier alpha value is -3.46. The smallest absolute Gasteiger partial charge is 0.249 e. The van der Waals surface area contributed by atoms with Gasteiger partial charge in [0, 0.05) is 18.3 Å². The largest absolute Gasteiger partial charge is 0.325 e. The monoisotopic (exact) mass is 317 g/mol. The molecule has 0 spiro atoms. The van der Waals surface area contributed by atoms with E-state index in [2.05, 4.69) is 15.5 Å². The van der Waals surface area contributed by atoms with Crippen LogP contribution in [0.15, 0.2) is 60.7 Å². The lowest BCUT2D eigenvalue weighted by Crippen LogP contribution is -2.22. The van der Waals surface area contributed by atoms with E-state index in [0.717, 1.165) is 5.56 Å². The van der Waals surface area contributed by atoms with Gasteiger partial charge in [-0.25, -0.2) is 0 Å². The van der Waals surface area contributed by atoms with Gasteiger partial charge in [0.25, 0.3) is 0 Å². The van der Waals surface area contributed by atoms with E-state index in [-0.39, 0.29) is 0 Å². The molecule has 0 saturated carbocycles.